The van der Waals surface area contributed by atoms with Crippen LogP contribution in [0.4, 0.5) is 11.5 Å². The van der Waals surface area contributed by atoms with E-state index in [9.17, 15) is 9.59 Å². The number of carbonyl (C=O) groups is 2. The lowest BCUT2D eigenvalue weighted by Gasteiger charge is -2.11. The third-order valence-electron chi connectivity index (χ3n) is 4.71. The van der Waals surface area contributed by atoms with Crippen LogP contribution in [0.1, 0.15) is 31.2 Å². The molecule has 2 aromatic heterocycles. The van der Waals surface area contributed by atoms with Crippen molar-refractivity contribution in [3.05, 3.63) is 82.5 Å². The number of hydrogen-bond acceptors (Lipinski definition) is 8. The monoisotopic (exact) mass is 433 g/mol. The molecule has 2 aromatic carbocycles. The number of hydrogen-bond donors (Lipinski definition) is 1. The molecule has 7 nitrogen and oxygen atoms in total. The molecule has 0 bridgehead atoms. The average molecular weight is 433 g/mol. The molecule has 1 N–H and O–H groups in total. The lowest BCUT2D eigenvalue weighted by Crippen LogP contribution is -2.06. The summed E-state index contributed by atoms with van der Waals surface area (Å²) in [7, 11) is 1.33. The van der Waals surface area contributed by atoms with E-state index < -0.39 is 11.9 Å². The number of ether oxygens (including phenoxy) is 2. The summed E-state index contributed by atoms with van der Waals surface area (Å²) in [6.07, 6.45) is 1.42. The van der Waals surface area contributed by atoms with Crippen LogP contribution < -0.4 is 5.32 Å². The Hall–Kier alpha value is -3.78. The van der Waals surface area contributed by atoms with E-state index in [1.807, 2.05) is 37.3 Å². The van der Waals surface area contributed by atoms with Crippen molar-refractivity contribution in [1.29, 1.82) is 0 Å². The summed E-state index contributed by atoms with van der Waals surface area (Å²) in [5.74, 6) is -0.372. The lowest BCUT2D eigenvalue weighted by molar-refractivity contribution is 0.0477. The van der Waals surface area contributed by atoms with E-state index in [-0.39, 0.29) is 6.61 Å². The molecule has 0 aliphatic heterocycles. The summed E-state index contributed by atoms with van der Waals surface area (Å²) in [5.41, 5.74) is 2.56. The quantitative estimate of drug-likeness (QED) is 0.433. The van der Waals surface area contributed by atoms with Gasteiger partial charge in [0.2, 0.25) is 0 Å². The van der Waals surface area contributed by atoms with Crippen LogP contribution in [0.5, 0.6) is 0 Å². The van der Waals surface area contributed by atoms with Gasteiger partial charge in [-0.3, -0.25) is 0 Å². The van der Waals surface area contributed by atoms with Crippen molar-refractivity contribution < 1.29 is 19.1 Å². The number of aryl methyl sites for hydroxylation is 1. The fourth-order valence-electron chi connectivity index (χ4n) is 3.16. The van der Waals surface area contributed by atoms with Gasteiger partial charge in [0.25, 0.3) is 0 Å². The number of fused-ring (bicyclic) bond motifs is 1. The Morgan fingerprint density at radius 1 is 1.00 bits per heavy atom. The Kier molecular flexibility index (Phi) is 5.90. The molecule has 156 valence electrons. The molecule has 0 atom stereocenters. The molecule has 4 aromatic rings. The Bertz CT molecular complexity index is 1250. The molecule has 8 heteroatoms. The Morgan fingerprint density at radius 2 is 1.74 bits per heavy atom. The first-order valence-electron chi connectivity index (χ1n) is 9.48. The van der Waals surface area contributed by atoms with Crippen LogP contribution in [0.25, 0.3) is 10.2 Å². The highest BCUT2D eigenvalue weighted by molar-refractivity contribution is 7.20. The number of nitrogens with zero attached hydrogens (tertiary/aromatic N) is 2. The molecule has 31 heavy (non-hydrogen) atoms. The minimum atomic E-state index is -0.458. The minimum Gasteiger partial charge on any atom is -0.465 e. The van der Waals surface area contributed by atoms with Crippen molar-refractivity contribution in [2.75, 3.05) is 12.4 Å². The van der Waals surface area contributed by atoms with Gasteiger partial charge in [0.15, 0.2) is 0 Å². The van der Waals surface area contributed by atoms with Gasteiger partial charge in [-0.15, -0.1) is 11.3 Å². The van der Waals surface area contributed by atoms with E-state index in [1.165, 1.54) is 24.8 Å². The van der Waals surface area contributed by atoms with Crippen LogP contribution >= 0.6 is 11.3 Å². The molecule has 0 aliphatic carbocycles. The molecular formula is C23H19N3O4S. The van der Waals surface area contributed by atoms with E-state index in [2.05, 4.69) is 15.3 Å². The number of methoxy groups -OCH3 is 1. The summed E-state index contributed by atoms with van der Waals surface area (Å²) in [6, 6.07) is 16.5. The molecule has 0 spiro atoms. The molecule has 4 rings (SSSR count). The molecule has 0 saturated heterocycles. The van der Waals surface area contributed by atoms with E-state index in [1.54, 1.807) is 24.3 Å². The highest BCUT2D eigenvalue weighted by Crippen LogP contribution is 2.35. The van der Waals surface area contributed by atoms with Gasteiger partial charge in [0.05, 0.1) is 23.7 Å². The number of esters is 2. The maximum Gasteiger partial charge on any atom is 0.349 e. The van der Waals surface area contributed by atoms with Gasteiger partial charge >= 0.3 is 11.9 Å². The number of nitrogens with one attached hydrogen (secondary N) is 1. The molecule has 0 radical (unpaired) electrons. The van der Waals surface area contributed by atoms with Crippen molar-refractivity contribution in [3.8, 4) is 0 Å². The zero-order valence-corrected chi connectivity index (χ0v) is 17.7. The second-order valence-electron chi connectivity index (χ2n) is 6.68. The van der Waals surface area contributed by atoms with Gasteiger partial charge in [0, 0.05) is 0 Å². The molecule has 0 saturated carbocycles. The Morgan fingerprint density at radius 3 is 2.52 bits per heavy atom. The lowest BCUT2D eigenvalue weighted by atomic mass is 10.1. The summed E-state index contributed by atoms with van der Waals surface area (Å²) in [4.78, 5) is 34.6. The van der Waals surface area contributed by atoms with E-state index in [0.29, 0.717) is 32.2 Å². The molecule has 0 fully saturated rings. The number of benzene rings is 2. The second kappa shape index (κ2) is 8.93. The summed E-state index contributed by atoms with van der Waals surface area (Å²) in [5, 5.41) is 3.89. The standard InChI is InChI=1S/C23H19N3O4S/c1-14-18-20(26-17-11-7-6-10-16(17)22(27)29-2)24-13-25-21(18)31-19(14)23(28)30-12-15-8-4-3-5-9-15/h3-11,13H,12H2,1-2H3,(H,24,25,26). The number of thiophene rings is 1. The first kappa shape index (κ1) is 20.5. The molecular weight excluding hydrogens is 414 g/mol. The van der Waals surface area contributed by atoms with Gasteiger partial charge in [-0.05, 0) is 30.2 Å². The van der Waals surface area contributed by atoms with E-state index in [0.717, 1.165) is 11.1 Å². The maximum atomic E-state index is 12.7. The van der Waals surface area contributed by atoms with Crippen LogP contribution in [-0.4, -0.2) is 29.0 Å². The van der Waals surface area contributed by atoms with Crippen LogP contribution in [0.15, 0.2) is 60.9 Å². The van der Waals surface area contributed by atoms with Crippen LogP contribution in [0.3, 0.4) is 0 Å². The fourth-order valence-corrected chi connectivity index (χ4v) is 4.20. The predicted molar refractivity (Wildman–Crippen MR) is 119 cm³/mol. The number of anilines is 2. The molecule has 0 amide bonds. The first-order valence-corrected chi connectivity index (χ1v) is 10.3. The first-order chi connectivity index (χ1) is 15.1. The highest BCUT2D eigenvalue weighted by atomic mass is 32.1. The molecule has 2 heterocycles. The van der Waals surface area contributed by atoms with Gasteiger partial charge in [0.1, 0.15) is 28.5 Å². The maximum absolute atomic E-state index is 12.7. The van der Waals surface area contributed by atoms with Crippen molar-refractivity contribution in [2.45, 2.75) is 13.5 Å². The van der Waals surface area contributed by atoms with Crippen molar-refractivity contribution in [1.82, 2.24) is 9.97 Å². The third-order valence-corrected chi connectivity index (χ3v) is 5.89. The minimum absolute atomic E-state index is 0.191. The Labute approximate surface area is 182 Å². The third kappa shape index (κ3) is 4.24. The highest BCUT2D eigenvalue weighted by Gasteiger charge is 2.21. The van der Waals surface area contributed by atoms with Gasteiger partial charge in [-0.25, -0.2) is 19.6 Å². The van der Waals surface area contributed by atoms with Crippen LogP contribution in [0.2, 0.25) is 0 Å². The zero-order valence-electron chi connectivity index (χ0n) is 16.9. The largest absolute Gasteiger partial charge is 0.465 e. The summed E-state index contributed by atoms with van der Waals surface area (Å²) < 4.78 is 10.3. The van der Waals surface area contributed by atoms with Crippen molar-refractivity contribution in [2.24, 2.45) is 0 Å². The van der Waals surface area contributed by atoms with Crippen molar-refractivity contribution >= 4 is 45.0 Å². The molecule has 0 aliphatic rings. The average Bonchev–Trinajstić information content (AvgIpc) is 3.15. The Balaban J connectivity index is 1.65. The van der Waals surface area contributed by atoms with Gasteiger partial charge < -0.3 is 14.8 Å². The summed E-state index contributed by atoms with van der Waals surface area (Å²) >= 11 is 1.25. The number of aromatic nitrogens is 2. The van der Waals surface area contributed by atoms with Crippen molar-refractivity contribution in [3.63, 3.8) is 0 Å². The SMILES string of the molecule is COC(=O)c1ccccc1Nc1ncnc2sc(C(=O)OCc3ccccc3)c(C)c12. The smallest absolute Gasteiger partial charge is 0.349 e. The molecule has 0 unspecified atom stereocenters. The fraction of sp³-hybridized carbons (Fsp3) is 0.130. The van der Waals surface area contributed by atoms with Crippen LogP contribution in [-0.2, 0) is 16.1 Å². The number of para-hydroxylation sites is 1. The number of rotatable bonds is 6. The van der Waals surface area contributed by atoms with Gasteiger partial charge in [-0.1, -0.05) is 42.5 Å². The van der Waals surface area contributed by atoms with E-state index in [4.69, 9.17) is 9.47 Å². The topological polar surface area (TPSA) is 90.4 Å². The normalized spacial score (nSPS) is 10.6. The van der Waals surface area contributed by atoms with Gasteiger partial charge in [-0.2, -0.15) is 0 Å². The zero-order chi connectivity index (χ0) is 21.8. The van der Waals surface area contributed by atoms with E-state index >= 15 is 0 Å². The predicted octanol–water partition coefficient (Wildman–Crippen LogP) is 4.89. The van der Waals surface area contributed by atoms with Crippen LogP contribution in [0, 0.1) is 6.92 Å². The summed E-state index contributed by atoms with van der Waals surface area (Å²) in [6.45, 7) is 2.02. The second-order valence-corrected chi connectivity index (χ2v) is 7.68. The number of carbonyl (C=O) groups excluding carboxylic acids is 2.